The second-order valence-electron chi connectivity index (χ2n) is 9.04. The topological polar surface area (TPSA) is 0 Å². The summed E-state index contributed by atoms with van der Waals surface area (Å²) in [6.07, 6.45) is 6.54. The molecule has 1 spiro atoms. The predicted molar refractivity (Wildman–Crippen MR) is 132 cm³/mol. The molecule has 1 fully saturated rings. The number of hydrogen-bond donors (Lipinski definition) is 0. The van der Waals surface area contributed by atoms with Crippen LogP contribution in [0.3, 0.4) is 0 Å². The van der Waals surface area contributed by atoms with E-state index in [4.69, 9.17) is 11.6 Å². The fourth-order valence-electron chi connectivity index (χ4n) is 5.88. The molecule has 2 aliphatic carbocycles. The third-order valence-corrected chi connectivity index (χ3v) is 7.56. The fourth-order valence-corrected chi connectivity index (χ4v) is 6.07. The van der Waals surface area contributed by atoms with E-state index in [1.165, 1.54) is 59.9 Å². The van der Waals surface area contributed by atoms with E-state index in [1.54, 1.807) is 11.1 Å². The summed E-state index contributed by atoms with van der Waals surface area (Å²) in [7, 11) is 0. The van der Waals surface area contributed by atoms with Crippen molar-refractivity contribution in [3.05, 3.63) is 107 Å². The molecule has 0 heterocycles. The Hall–Kier alpha value is -2.83. The zero-order valence-corrected chi connectivity index (χ0v) is 18.3. The summed E-state index contributed by atoms with van der Waals surface area (Å²) in [6, 6.07) is 33.2. The zero-order chi connectivity index (χ0) is 20.8. The van der Waals surface area contributed by atoms with Crippen LogP contribution in [-0.2, 0) is 5.41 Å². The molecule has 152 valence electrons. The quantitative estimate of drug-likeness (QED) is 0.303. The summed E-state index contributed by atoms with van der Waals surface area (Å²) < 4.78 is 0. The molecule has 2 aliphatic rings. The molecule has 6 rings (SSSR count). The van der Waals surface area contributed by atoms with Crippen molar-refractivity contribution in [2.45, 2.75) is 37.5 Å². The van der Waals surface area contributed by atoms with E-state index in [9.17, 15) is 0 Å². The van der Waals surface area contributed by atoms with Gasteiger partial charge in [-0.15, -0.1) is 0 Å². The molecule has 31 heavy (non-hydrogen) atoms. The number of fused-ring (bicyclic) bond motifs is 5. The predicted octanol–water partition coefficient (Wildman–Crippen LogP) is 8.90. The van der Waals surface area contributed by atoms with Gasteiger partial charge in [-0.3, -0.25) is 0 Å². The lowest BCUT2D eigenvalue weighted by Gasteiger charge is -2.36. The molecule has 0 atom stereocenters. The highest BCUT2D eigenvalue weighted by Crippen LogP contribution is 2.56. The molecule has 0 bridgehead atoms. The van der Waals surface area contributed by atoms with E-state index in [1.807, 2.05) is 18.2 Å². The average Bonchev–Trinajstić information content (AvgIpc) is 3.09. The molecule has 1 heteroatoms. The van der Waals surface area contributed by atoms with E-state index in [0.717, 1.165) is 10.6 Å². The minimum Gasteiger partial charge on any atom is -0.0843 e. The largest absolute Gasteiger partial charge is 0.0843 e. The van der Waals surface area contributed by atoms with Gasteiger partial charge in [0.25, 0.3) is 0 Å². The van der Waals surface area contributed by atoms with E-state index >= 15 is 0 Å². The van der Waals surface area contributed by atoms with Crippen LogP contribution in [-0.4, -0.2) is 0 Å². The Morgan fingerprint density at radius 2 is 1.16 bits per heavy atom. The zero-order valence-electron chi connectivity index (χ0n) is 17.6. The average molecular weight is 421 g/mol. The highest BCUT2D eigenvalue weighted by Gasteiger charge is 2.43. The van der Waals surface area contributed by atoms with Crippen LogP contribution >= 0.6 is 11.6 Å². The van der Waals surface area contributed by atoms with E-state index in [2.05, 4.69) is 72.8 Å². The number of rotatable bonds is 2. The third kappa shape index (κ3) is 3.05. The summed E-state index contributed by atoms with van der Waals surface area (Å²) in [4.78, 5) is 0. The molecule has 0 radical (unpaired) electrons. The maximum absolute atomic E-state index is 6.24. The van der Waals surface area contributed by atoms with Gasteiger partial charge in [0, 0.05) is 10.4 Å². The molecule has 4 aromatic carbocycles. The van der Waals surface area contributed by atoms with Gasteiger partial charge in [-0.1, -0.05) is 97.6 Å². The lowest BCUT2D eigenvalue weighted by atomic mass is 9.67. The van der Waals surface area contributed by atoms with Gasteiger partial charge in [-0.2, -0.15) is 0 Å². The van der Waals surface area contributed by atoms with Gasteiger partial charge in [-0.25, -0.2) is 0 Å². The number of benzene rings is 4. The smallest absolute Gasteiger partial charge is 0.0412 e. The Labute approximate surface area is 189 Å². The summed E-state index contributed by atoms with van der Waals surface area (Å²) >= 11 is 6.24. The van der Waals surface area contributed by atoms with Crippen LogP contribution in [0.5, 0.6) is 0 Å². The first-order chi connectivity index (χ1) is 15.2. The third-order valence-electron chi connectivity index (χ3n) is 7.33. The highest BCUT2D eigenvalue weighted by atomic mass is 35.5. The molecule has 4 aromatic rings. The molecule has 0 amide bonds. The molecule has 0 aromatic heterocycles. The number of halogens is 1. The Kier molecular flexibility index (Phi) is 4.51. The van der Waals surface area contributed by atoms with Gasteiger partial charge in [-0.05, 0) is 81.6 Å². The summed E-state index contributed by atoms with van der Waals surface area (Å²) in [5.74, 6) is 0. The van der Waals surface area contributed by atoms with Crippen molar-refractivity contribution in [1.82, 2.24) is 0 Å². The monoisotopic (exact) mass is 420 g/mol. The summed E-state index contributed by atoms with van der Waals surface area (Å²) in [6.45, 7) is 0. The number of hydrogen-bond acceptors (Lipinski definition) is 0. The molecule has 0 aliphatic heterocycles. The van der Waals surface area contributed by atoms with Gasteiger partial charge in [0.15, 0.2) is 0 Å². The minimum atomic E-state index is 0.199. The van der Waals surface area contributed by atoms with Crippen LogP contribution in [0.25, 0.3) is 33.4 Å². The van der Waals surface area contributed by atoms with Crippen LogP contribution < -0.4 is 0 Å². The van der Waals surface area contributed by atoms with E-state index < -0.39 is 0 Å². The molecule has 0 N–H and O–H groups in total. The molecule has 0 saturated heterocycles. The fraction of sp³-hybridized carbons (Fsp3) is 0.200. The lowest BCUT2D eigenvalue weighted by Crippen LogP contribution is -2.28. The first-order valence-corrected chi connectivity index (χ1v) is 11.7. The van der Waals surface area contributed by atoms with Gasteiger partial charge in [0.1, 0.15) is 0 Å². The molecule has 0 nitrogen and oxygen atoms in total. The lowest BCUT2D eigenvalue weighted by molar-refractivity contribution is 0.353. The Morgan fingerprint density at radius 3 is 1.94 bits per heavy atom. The van der Waals surface area contributed by atoms with Crippen molar-refractivity contribution in [2.24, 2.45) is 0 Å². The van der Waals surface area contributed by atoms with Crippen molar-refractivity contribution >= 4 is 11.6 Å². The van der Waals surface area contributed by atoms with Crippen molar-refractivity contribution in [3.63, 3.8) is 0 Å². The molecule has 0 unspecified atom stereocenters. The Bertz CT molecular complexity index is 1280. The highest BCUT2D eigenvalue weighted by molar-refractivity contribution is 6.30. The second kappa shape index (κ2) is 7.39. The molecule has 1 saturated carbocycles. The summed E-state index contributed by atoms with van der Waals surface area (Å²) in [5, 5.41) is 0.775. The summed E-state index contributed by atoms with van der Waals surface area (Å²) in [5.41, 5.74) is 11.1. The van der Waals surface area contributed by atoms with Gasteiger partial charge >= 0.3 is 0 Å². The van der Waals surface area contributed by atoms with Crippen molar-refractivity contribution in [2.75, 3.05) is 0 Å². The van der Waals surface area contributed by atoms with Gasteiger partial charge in [0.05, 0.1) is 0 Å². The normalized spacial score (nSPS) is 16.2. The Balaban J connectivity index is 1.48. The first kappa shape index (κ1) is 18.9. The van der Waals surface area contributed by atoms with Crippen molar-refractivity contribution in [3.8, 4) is 33.4 Å². The van der Waals surface area contributed by atoms with E-state index in [-0.39, 0.29) is 5.41 Å². The van der Waals surface area contributed by atoms with Crippen LogP contribution in [0, 0.1) is 0 Å². The SMILES string of the molecule is Clc1cccc(-c2cccc(-c3ccc4c(c3)C3(CCCCC3)c3ccccc3-4)c2)c1. The maximum atomic E-state index is 6.24. The van der Waals surface area contributed by atoms with Gasteiger partial charge < -0.3 is 0 Å². The van der Waals surface area contributed by atoms with Crippen LogP contribution in [0.15, 0.2) is 91.0 Å². The Morgan fingerprint density at radius 1 is 0.516 bits per heavy atom. The van der Waals surface area contributed by atoms with Crippen LogP contribution in [0.1, 0.15) is 43.2 Å². The van der Waals surface area contributed by atoms with Crippen molar-refractivity contribution in [1.29, 1.82) is 0 Å². The maximum Gasteiger partial charge on any atom is 0.0412 e. The van der Waals surface area contributed by atoms with Crippen LogP contribution in [0.4, 0.5) is 0 Å². The standard InChI is InChI=1S/C30H25Cl/c31-25-11-7-10-23(19-25)21-8-6-9-22(18-21)24-14-15-27-26-12-2-3-13-28(26)30(29(27)20-24)16-4-1-5-17-30/h2-3,6-15,18-20H,1,4-5,16-17H2. The van der Waals surface area contributed by atoms with Crippen LogP contribution in [0.2, 0.25) is 5.02 Å². The van der Waals surface area contributed by atoms with E-state index in [0.29, 0.717) is 0 Å². The molecular formula is C30H25Cl. The van der Waals surface area contributed by atoms with Crippen molar-refractivity contribution < 1.29 is 0 Å². The molecular weight excluding hydrogens is 396 g/mol. The van der Waals surface area contributed by atoms with Gasteiger partial charge in [0.2, 0.25) is 0 Å². The first-order valence-electron chi connectivity index (χ1n) is 11.4. The minimum absolute atomic E-state index is 0.199. The second-order valence-corrected chi connectivity index (χ2v) is 9.48.